The molecule has 3 aromatic rings. The smallest absolute Gasteiger partial charge is 0.262 e. The number of sulfonamides is 1. The second-order valence-corrected chi connectivity index (χ2v) is 10.9. The number of nitrogens with zero attached hydrogens (tertiary/aromatic N) is 1. The molecule has 0 unspecified atom stereocenters. The van der Waals surface area contributed by atoms with Crippen molar-refractivity contribution >= 4 is 27.3 Å². The number of carbonyl (C=O) groups is 1. The van der Waals surface area contributed by atoms with E-state index in [1.807, 2.05) is 0 Å². The number of likely N-dealkylation sites (tertiary alicyclic amines) is 1. The zero-order valence-electron chi connectivity index (χ0n) is 21.4. The normalized spacial score (nSPS) is 14.7. The summed E-state index contributed by atoms with van der Waals surface area (Å²) in [6.07, 6.45) is 1.58. The fourth-order valence-corrected chi connectivity index (χ4v) is 5.54. The third-order valence-corrected chi connectivity index (χ3v) is 7.91. The number of rotatable bonds is 9. The lowest BCUT2D eigenvalue weighted by molar-refractivity contribution is -0.121. The Balaban J connectivity index is 1.33. The lowest BCUT2D eigenvalue weighted by atomic mass is 9.95. The average molecular weight is 524 g/mol. The topological polar surface area (TPSA) is 97.0 Å². The number of ether oxygens (including phenoxy) is 2. The molecule has 0 atom stereocenters. The first-order chi connectivity index (χ1) is 17.8. The van der Waals surface area contributed by atoms with Gasteiger partial charge in [-0.3, -0.25) is 14.4 Å². The fraction of sp³-hybridized carbons (Fsp3) is 0.321. The van der Waals surface area contributed by atoms with Crippen LogP contribution < -0.4 is 19.5 Å². The maximum absolute atomic E-state index is 12.9. The van der Waals surface area contributed by atoms with Crippen LogP contribution in [-0.4, -0.2) is 46.5 Å². The second-order valence-electron chi connectivity index (χ2n) is 9.22. The summed E-state index contributed by atoms with van der Waals surface area (Å²) in [5.41, 5.74) is 3.37. The Hall–Kier alpha value is -3.56. The highest BCUT2D eigenvalue weighted by Gasteiger charge is 2.25. The monoisotopic (exact) mass is 523 g/mol. The van der Waals surface area contributed by atoms with Crippen molar-refractivity contribution < 1.29 is 22.7 Å². The van der Waals surface area contributed by atoms with Gasteiger partial charge in [0.1, 0.15) is 11.5 Å². The van der Waals surface area contributed by atoms with Gasteiger partial charge in [-0.05, 0) is 74.8 Å². The maximum atomic E-state index is 12.9. The molecule has 8 nitrogen and oxygen atoms in total. The fourth-order valence-electron chi connectivity index (χ4n) is 4.48. The molecule has 1 aliphatic rings. The van der Waals surface area contributed by atoms with Gasteiger partial charge in [0.25, 0.3) is 10.0 Å². The second kappa shape index (κ2) is 11.7. The third-order valence-electron chi connectivity index (χ3n) is 6.53. The van der Waals surface area contributed by atoms with Gasteiger partial charge in [-0.15, -0.1) is 0 Å². The molecule has 0 aromatic heterocycles. The highest BCUT2D eigenvalue weighted by Crippen LogP contribution is 2.31. The van der Waals surface area contributed by atoms with E-state index in [1.165, 1.54) is 37.5 Å². The van der Waals surface area contributed by atoms with Crippen LogP contribution in [-0.2, 0) is 21.4 Å². The highest BCUT2D eigenvalue weighted by atomic mass is 32.2. The molecule has 1 fully saturated rings. The van der Waals surface area contributed by atoms with Gasteiger partial charge in [0.2, 0.25) is 5.91 Å². The number of methoxy groups -OCH3 is 2. The molecule has 9 heteroatoms. The van der Waals surface area contributed by atoms with Gasteiger partial charge in [0, 0.05) is 24.2 Å². The summed E-state index contributed by atoms with van der Waals surface area (Å²) in [5, 5.41) is 2.94. The first-order valence-corrected chi connectivity index (χ1v) is 13.7. The van der Waals surface area contributed by atoms with Crippen LogP contribution in [0.3, 0.4) is 0 Å². The highest BCUT2D eigenvalue weighted by molar-refractivity contribution is 7.92. The van der Waals surface area contributed by atoms with Crippen molar-refractivity contribution in [2.45, 2.75) is 31.2 Å². The van der Waals surface area contributed by atoms with E-state index in [4.69, 9.17) is 9.47 Å². The molecule has 0 bridgehead atoms. The van der Waals surface area contributed by atoms with Crippen molar-refractivity contribution in [3.05, 3.63) is 77.9 Å². The largest absolute Gasteiger partial charge is 0.497 e. The first kappa shape index (κ1) is 26.5. The van der Waals surface area contributed by atoms with Gasteiger partial charge in [0.15, 0.2) is 0 Å². The van der Waals surface area contributed by atoms with Crippen LogP contribution in [0.15, 0.2) is 71.6 Å². The Labute approximate surface area is 218 Å². The van der Waals surface area contributed by atoms with Crippen molar-refractivity contribution in [3.8, 4) is 11.5 Å². The average Bonchev–Trinajstić information content (AvgIpc) is 2.89. The van der Waals surface area contributed by atoms with E-state index >= 15 is 0 Å². The standard InChI is InChI=1S/C28H33N3O5S/c1-20-5-4-6-21(17-20)19-31-15-13-22(14-16-31)28(32)29-23-7-10-25(11-8-23)37(33,34)30-26-18-24(35-2)9-12-27(26)36-3/h4-12,17-18,22,30H,13-16,19H2,1-3H3,(H,29,32). The van der Waals surface area contributed by atoms with E-state index in [-0.39, 0.29) is 22.4 Å². The zero-order valence-corrected chi connectivity index (χ0v) is 22.2. The van der Waals surface area contributed by atoms with Crippen molar-refractivity contribution in [3.63, 3.8) is 0 Å². The molecule has 37 heavy (non-hydrogen) atoms. The maximum Gasteiger partial charge on any atom is 0.262 e. The molecule has 2 N–H and O–H groups in total. The van der Waals surface area contributed by atoms with Gasteiger partial charge in [0.05, 0.1) is 24.8 Å². The van der Waals surface area contributed by atoms with Gasteiger partial charge in [-0.25, -0.2) is 8.42 Å². The molecular weight excluding hydrogens is 490 g/mol. The minimum absolute atomic E-state index is 0.0370. The molecule has 1 amide bonds. The van der Waals surface area contributed by atoms with Gasteiger partial charge in [-0.1, -0.05) is 29.8 Å². The van der Waals surface area contributed by atoms with E-state index in [0.29, 0.717) is 17.2 Å². The van der Waals surface area contributed by atoms with Crippen LogP contribution >= 0.6 is 0 Å². The molecule has 0 radical (unpaired) electrons. The Bertz CT molecular complexity index is 1330. The minimum atomic E-state index is -3.88. The molecule has 1 aliphatic heterocycles. The summed E-state index contributed by atoms with van der Waals surface area (Å²) in [4.78, 5) is 15.3. The number of aryl methyl sites for hydroxylation is 1. The SMILES string of the molecule is COc1ccc(OC)c(NS(=O)(=O)c2ccc(NC(=O)C3CCN(Cc4cccc(C)c4)CC3)cc2)c1. The summed E-state index contributed by atoms with van der Waals surface area (Å²) in [6, 6.07) is 19.5. The third kappa shape index (κ3) is 6.81. The van der Waals surface area contributed by atoms with Crippen LogP contribution in [0.2, 0.25) is 0 Å². The molecule has 196 valence electrons. The molecule has 1 saturated heterocycles. The summed E-state index contributed by atoms with van der Waals surface area (Å²) < 4.78 is 38.8. The molecule has 0 aliphatic carbocycles. The Morgan fingerprint density at radius 2 is 1.70 bits per heavy atom. The lowest BCUT2D eigenvalue weighted by Gasteiger charge is -2.31. The molecule has 0 saturated carbocycles. The van der Waals surface area contributed by atoms with Crippen LogP contribution in [0.25, 0.3) is 0 Å². The number of piperidine rings is 1. The van der Waals surface area contributed by atoms with E-state index in [1.54, 1.807) is 30.3 Å². The summed E-state index contributed by atoms with van der Waals surface area (Å²) in [7, 11) is -0.910. The molecular formula is C28H33N3O5S. The van der Waals surface area contributed by atoms with Crippen LogP contribution in [0.1, 0.15) is 24.0 Å². The van der Waals surface area contributed by atoms with Crippen molar-refractivity contribution in [1.82, 2.24) is 4.90 Å². The summed E-state index contributed by atoms with van der Waals surface area (Å²) in [6.45, 7) is 4.71. The number of amides is 1. The number of carbonyl (C=O) groups excluding carboxylic acids is 1. The Morgan fingerprint density at radius 3 is 2.35 bits per heavy atom. The zero-order chi connectivity index (χ0) is 26.4. The molecule has 3 aromatic carbocycles. The van der Waals surface area contributed by atoms with Crippen LogP contribution in [0, 0.1) is 12.8 Å². The quantitative estimate of drug-likeness (QED) is 0.423. The van der Waals surface area contributed by atoms with Crippen LogP contribution in [0.5, 0.6) is 11.5 Å². The molecule has 4 rings (SSSR count). The predicted octanol–water partition coefficient (Wildman–Crippen LogP) is 4.66. The molecule has 1 heterocycles. The van der Waals surface area contributed by atoms with E-state index in [9.17, 15) is 13.2 Å². The van der Waals surface area contributed by atoms with E-state index in [2.05, 4.69) is 46.1 Å². The van der Waals surface area contributed by atoms with Gasteiger partial charge < -0.3 is 14.8 Å². The van der Waals surface area contributed by atoms with Crippen LogP contribution in [0.4, 0.5) is 11.4 Å². The first-order valence-electron chi connectivity index (χ1n) is 12.2. The minimum Gasteiger partial charge on any atom is -0.497 e. The van der Waals surface area contributed by atoms with Crippen molar-refractivity contribution in [1.29, 1.82) is 0 Å². The van der Waals surface area contributed by atoms with E-state index in [0.717, 1.165) is 32.5 Å². The van der Waals surface area contributed by atoms with Gasteiger partial charge >= 0.3 is 0 Å². The van der Waals surface area contributed by atoms with E-state index < -0.39 is 10.0 Å². The lowest BCUT2D eigenvalue weighted by Crippen LogP contribution is -2.37. The number of anilines is 2. The van der Waals surface area contributed by atoms with Gasteiger partial charge in [-0.2, -0.15) is 0 Å². The van der Waals surface area contributed by atoms with Crippen molar-refractivity contribution in [2.75, 3.05) is 37.3 Å². The predicted molar refractivity (Wildman–Crippen MR) is 145 cm³/mol. The molecule has 0 spiro atoms. The number of nitrogens with one attached hydrogen (secondary N) is 2. The van der Waals surface area contributed by atoms with Crippen molar-refractivity contribution in [2.24, 2.45) is 5.92 Å². The number of hydrogen-bond donors (Lipinski definition) is 2. The summed E-state index contributed by atoms with van der Waals surface area (Å²) >= 11 is 0. The summed E-state index contributed by atoms with van der Waals surface area (Å²) in [5.74, 6) is 0.764. The Morgan fingerprint density at radius 1 is 0.973 bits per heavy atom. The Kier molecular flexibility index (Phi) is 8.35. The number of benzene rings is 3. The number of hydrogen-bond acceptors (Lipinski definition) is 6.